The highest BCUT2D eigenvalue weighted by Crippen LogP contribution is 2.38. The summed E-state index contributed by atoms with van der Waals surface area (Å²) in [6.07, 6.45) is 4.95. The van der Waals surface area contributed by atoms with Crippen molar-refractivity contribution in [2.24, 2.45) is 0 Å². The first-order valence-corrected chi connectivity index (χ1v) is 8.44. The number of alkyl halides is 1. The first-order chi connectivity index (χ1) is 10.1. The Hall–Kier alpha value is -0.990. The molecule has 4 heteroatoms. The van der Waals surface area contributed by atoms with Crippen LogP contribution in [-0.4, -0.2) is 9.78 Å². The molecule has 112 valence electrons. The summed E-state index contributed by atoms with van der Waals surface area (Å²) in [4.78, 5) is 0. The van der Waals surface area contributed by atoms with E-state index in [1.165, 1.54) is 36.8 Å². The summed E-state index contributed by atoms with van der Waals surface area (Å²) in [5.74, 6) is 0.943. The largest absolute Gasteiger partial charge is 0.221 e. The van der Waals surface area contributed by atoms with Crippen LogP contribution in [0.2, 0.25) is 5.15 Å². The summed E-state index contributed by atoms with van der Waals surface area (Å²) in [5.41, 5.74) is 5.57. The second kappa shape index (κ2) is 6.02. The predicted octanol–water partition coefficient (Wildman–Crippen LogP) is 5.54. The average molecular weight is 323 g/mol. The predicted molar refractivity (Wildman–Crippen MR) is 88.8 cm³/mol. The van der Waals surface area contributed by atoms with E-state index in [0.717, 1.165) is 16.9 Å². The highest BCUT2D eigenvalue weighted by Gasteiger charge is 2.26. The second-order valence-corrected chi connectivity index (χ2v) is 6.60. The van der Waals surface area contributed by atoms with Crippen molar-refractivity contribution in [1.82, 2.24) is 9.78 Å². The number of nitrogens with zero attached hydrogens (tertiary/aromatic N) is 2. The maximum absolute atomic E-state index is 6.57. The Morgan fingerprint density at radius 2 is 1.95 bits per heavy atom. The average Bonchev–Trinajstić information content (AvgIpc) is 3.07. The molecule has 2 nitrogen and oxygen atoms in total. The summed E-state index contributed by atoms with van der Waals surface area (Å²) in [5, 5.41) is 5.49. The van der Waals surface area contributed by atoms with Crippen molar-refractivity contribution in [3.05, 3.63) is 45.7 Å². The van der Waals surface area contributed by atoms with Crippen molar-refractivity contribution in [3.63, 3.8) is 0 Å². The van der Waals surface area contributed by atoms with Gasteiger partial charge in [0.2, 0.25) is 0 Å². The molecular weight excluding hydrogens is 303 g/mol. The summed E-state index contributed by atoms with van der Waals surface area (Å²) in [6, 6.07) is 6.33. The van der Waals surface area contributed by atoms with Gasteiger partial charge in [-0.05, 0) is 38.3 Å². The van der Waals surface area contributed by atoms with Gasteiger partial charge in [-0.2, -0.15) is 5.10 Å². The third kappa shape index (κ3) is 2.72. The third-order valence-electron chi connectivity index (χ3n) is 4.41. The van der Waals surface area contributed by atoms with Crippen molar-refractivity contribution >= 4 is 23.2 Å². The zero-order valence-corrected chi connectivity index (χ0v) is 14.0. The lowest BCUT2D eigenvalue weighted by atomic mass is 10.0. The fourth-order valence-electron chi connectivity index (χ4n) is 3.30. The fourth-order valence-corrected chi connectivity index (χ4v) is 3.92. The minimum Gasteiger partial charge on any atom is -0.221 e. The number of rotatable bonds is 3. The van der Waals surface area contributed by atoms with Gasteiger partial charge in [0.1, 0.15) is 5.15 Å². The Morgan fingerprint density at radius 3 is 2.57 bits per heavy atom. The van der Waals surface area contributed by atoms with Crippen LogP contribution < -0.4 is 0 Å². The molecular formula is C17H20Cl2N2. The molecule has 1 aromatic heterocycles. The summed E-state index contributed by atoms with van der Waals surface area (Å²) in [6.45, 7) is 4.19. The van der Waals surface area contributed by atoms with E-state index in [1.54, 1.807) is 0 Å². The highest BCUT2D eigenvalue weighted by atomic mass is 35.5. The van der Waals surface area contributed by atoms with Crippen LogP contribution in [0.3, 0.4) is 0 Å². The topological polar surface area (TPSA) is 17.8 Å². The summed E-state index contributed by atoms with van der Waals surface area (Å²) >= 11 is 12.7. The zero-order chi connectivity index (χ0) is 15.0. The maximum Gasteiger partial charge on any atom is 0.137 e. The molecule has 0 aliphatic heterocycles. The summed E-state index contributed by atoms with van der Waals surface area (Å²) < 4.78 is 1.86. The van der Waals surface area contributed by atoms with E-state index in [9.17, 15) is 0 Å². The Balaban J connectivity index is 2.10. The first kappa shape index (κ1) is 14.9. The van der Waals surface area contributed by atoms with Gasteiger partial charge in [0, 0.05) is 11.5 Å². The number of halogens is 2. The van der Waals surface area contributed by atoms with Crippen LogP contribution in [0.5, 0.6) is 0 Å². The number of benzene rings is 1. The van der Waals surface area contributed by atoms with Crippen molar-refractivity contribution in [1.29, 1.82) is 0 Å². The standard InChI is InChI=1S/C17H20Cl2N2/c1-11-7-8-15(12(2)9-11)21-17(19)14(10-18)16(20-21)13-5-3-4-6-13/h7-9,13H,3-6,10H2,1-2H3. The first-order valence-electron chi connectivity index (χ1n) is 7.52. The van der Waals surface area contributed by atoms with Crippen LogP contribution in [0.4, 0.5) is 0 Å². The molecule has 0 saturated heterocycles. The lowest BCUT2D eigenvalue weighted by Gasteiger charge is -2.08. The lowest BCUT2D eigenvalue weighted by molar-refractivity contribution is 0.674. The monoisotopic (exact) mass is 322 g/mol. The smallest absolute Gasteiger partial charge is 0.137 e. The molecule has 1 saturated carbocycles. The van der Waals surface area contributed by atoms with Crippen LogP contribution in [0.15, 0.2) is 18.2 Å². The number of aromatic nitrogens is 2. The minimum atomic E-state index is 0.426. The van der Waals surface area contributed by atoms with Crippen LogP contribution in [0, 0.1) is 13.8 Å². The maximum atomic E-state index is 6.57. The normalized spacial score (nSPS) is 15.8. The van der Waals surface area contributed by atoms with Crippen LogP contribution in [0.1, 0.15) is 54.0 Å². The fraction of sp³-hybridized carbons (Fsp3) is 0.471. The molecule has 1 aliphatic carbocycles. The minimum absolute atomic E-state index is 0.426. The van der Waals surface area contributed by atoms with Gasteiger partial charge in [0.05, 0.1) is 17.3 Å². The molecule has 0 unspecified atom stereocenters. The highest BCUT2D eigenvalue weighted by molar-refractivity contribution is 6.31. The SMILES string of the molecule is Cc1ccc(-n2nc(C3CCCC3)c(CCl)c2Cl)c(C)c1. The Labute approximate surface area is 136 Å². The molecule has 3 rings (SSSR count). The number of hydrogen-bond acceptors (Lipinski definition) is 1. The lowest BCUT2D eigenvalue weighted by Crippen LogP contribution is -2.02. The van der Waals surface area contributed by atoms with Gasteiger partial charge in [0.25, 0.3) is 0 Å². The Bertz CT molecular complexity index is 655. The molecule has 0 spiro atoms. The molecule has 1 aliphatic rings. The van der Waals surface area contributed by atoms with E-state index in [0.29, 0.717) is 17.0 Å². The molecule has 1 fully saturated rings. The van der Waals surface area contributed by atoms with Crippen molar-refractivity contribution < 1.29 is 0 Å². The van der Waals surface area contributed by atoms with Crippen LogP contribution in [0.25, 0.3) is 5.69 Å². The van der Waals surface area contributed by atoms with E-state index < -0.39 is 0 Å². The quantitative estimate of drug-likeness (QED) is 0.678. The molecule has 2 aromatic rings. The second-order valence-electron chi connectivity index (χ2n) is 5.97. The molecule has 0 atom stereocenters. The Kier molecular flexibility index (Phi) is 4.28. The molecule has 0 amide bonds. The molecule has 21 heavy (non-hydrogen) atoms. The van der Waals surface area contributed by atoms with Crippen LogP contribution in [-0.2, 0) is 5.88 Å². The van der Waals surface area contributed by atoms with Crippen molar-refractivity contribution in [2.45, 2.75) is 51.3 Å². The van der Waals surface area contributed by atoms with Crippen LogP contribution >= 0.6 is 23.2 Å². The van der Waals surface area contributed by atoms with E-state index in [-0.39, 0.29) is 0 Å². The van der Waals surface area contributed by atoms with Gasteiger partial charge in [0.15, 0.2) is 0 Å². The third-order valence-corrected chi connectivity index (χ3v) is 5.06. The van der Waals surface area contributed by atoms with E-state index in [2.05, 4.69) is 32.0 Å². The van der Waals surface area contributed by atoms with Gasteiger partial charge in [-0.25, -0.2) is 4.68 Å². The van der Waals surface area contributed by atoms with E-state index in [4.69, 9.17) is 28.3 Å². The Morgan fingerprint density at radius 1 is 1.24 bits per heavy atom. The zero-order valence-electron chi connectivity index (χ0n) is 12.5. The molecule has 0 radical (unpaired) electrons. The van der Waals surface area contributed by atoms with Gasteiger partial charge < -0.3 is 0 Å². The molecule has 1 aromatic carbocycles. The molecule has 0 N–H and O–H groups in total. The van der Waals surface area contributed by atoms with E-state index in [1.807, 2.05) is 4.68 Å². The molecule has 1 heterocycles. The van der Waals surface area contributed by atoms with Gasteiger partial charge in [-0.15, -0.1) is 11.6 Å². The number of hydrogen-bond donors (Lipinski definition) is 0. The molecule has 0 bridgehead atoms. The summed E-state index contributed by atoms with van der Waals surface area (Å²) in [7, 11) is 0. The van der Waals surface area contributed by atoms with Gasteiger partial charge >= 0.3 is 0 Å². The van der Waals surface area contributed by atoms with Gasteiger partial charge in [-0.1, -0.05) is 42.1 Å². The van der Waals surface area contributed by atoms with E-state index >= 15 is 0 Å². The van der Waals surface area contributed by atoms with Crippen molar-refractivity contribution in [2.75, 3.05) is 0 Å². The van der Waals surface area contributed by atoms with Crippen molar-refractivity contribution in [3.8, 4) is 5.69 Å². The van der Waals surface area contributed by atoms with Gasteiger partial charge in [-0.3, -0.25) is 0 Å². The number of aryl methyl sites for hydroxylation is 2.